The number of ether oxygens (including phenoxy) is 1. The molecule has 0 radical (unpaired) electrons. The lowest BCUT2D eigenvalue weighted by atomic mass is 9.88. The quantitative estimate of drug-likeness (QED) is 0.589. The number of carboxylic acid groups (broad SMARTS) is 1. The number of rotatable bonds is 1. The zero-order valence-electron chi connectivity index (χ0n) is 9.54. The van der Waals surface area contributed by atoms with Crippen LogP contribution in [0.15, 0.2) is 0 Å². The molecule has 0 spiro atoms. The number of aliphatic hydroxyl groups excluding tert-OH is 2. The van der Waals surface area contributed by atoms with Crippen LogP contribution in [-0.2, 0) is 9.53 Å². The molecule has 1 fully saturated rings. The molecular formula is C10H20O5. The van der Waals surface area contributed by atoms with Crippen LogP contribution >= 0.6 is 0 Å². The van der Waals surface area contributed by atoms with Crippen molar-refractivity contribution < 1.29 is 24.9 Å². The van der Waals surface area contributed by atoms with E-state index < -0.39 is 36.3 Å². The maximum Gasteiger partial charge on any atom is 0.333 e. The molecule has 0 saturated carbocycles. The zero-order valence-corrected chi connectivity index (χ0v) is 9.54. The summed E-state index contributed by atoms with van der Waals surface area (Å²) in [6, 6.07) is 0. The standard InChI is InChI=1S/C8H14O5.C2H6/c1-3-5(9)6(10)4(2)13-7(3)8(11)12;1-2/h3-7,9-10H,1-2H3,(H,11,12);1-2H3/t3-,4-,5-,6-,7-;/m0./s1. The summed E-state index contributed by atoms with van der Waals surface area (Å²) in [6.07, 6.45) is -3.73. The lowest BCUT2D eigenvalue weighted by molar-refractivity contribution is -0.204. The first kappa shape index (κ1) is 14.3. The Morgan fingerprint density at radius 2 is 1.60 bits per heavy atom. The lowest BCUT2D eigenvalue weighted by Crippen LogP contribution is -2.54. The summed E-state index contributed by atoms with van der Waals surface area (Å²) in [5.74, 6) is -1.70. The summed E-state index contributed by atoms with van der Waals surface area (Å²) in [7, 11) is 0. The van der Waals surface area contributed by atoms with Gasteiger partial charge >= 0.3 is 5.97 Å². The summed E-state index contributed by atoms with van der Waals surface area (Å²) >= 11 is 0. The largest absolute Gasteiger partial charge is 0.479 e. The Morgan fingerprint density at radius 1 is 1.13 bits per heavy atom. The number of hydrogen-bond donors (Lipinski definition) is 3. The van der Waals surface area contributed by atoms with Gasteiger partial charge in [-0.05, 0) is 6.92 Å². The minimum atomic E-state index is -1.11. The molecule has 0 amide bonds. The molecule has 3 N–H and O–H groups in total. The van der Waals surface area contributed by atoms with E-state index >= 15 is 0 Å². The lowest BCUT2D eigenvalue weighted by Gasteiger charge is -2.38. The van der Waals surface area contributed by atoms with Crippen molar-refractivity contribution in [3.05, 3.63) is 0 Å². The van der Waals surface area contributed by atoms with Crippen LogP contribution in [0.4, 0.5) is 0 Å². The second kappa shape index (κ2) is 6.05. The Hall–Kier alpha value is -0.650. The van der Waals surface area contributed by atoms with E-state index in [1.807, 2.05) is 13.8 Å². The summed E-state index contributed by atoms with van der Waals surface area (Å²) in [4.78, 5) is 10.6. The third kappa shape index (κ3) is 3.15. The van der Waals surface area contributed by atoms with Gasteiger partial charge in [-0.2, -0.15) is 0 Å². The van der Waals surface area contributed by atoms with Crippen LogP contribution in [0, 0.1) is 5.92 Å². The van der Waals surface area contributed by atoms with Crippen LogP contribution in [0.3, 0.4) is 0 Å². The van der Waals surface area contributed by atoms with E-state index in [-0.39, 0.29) is 0 Å². The van der Waals surface area contributed by atoms with Crippen molar-refractivity contribution in [2.45, 2.75) is 52.1 Å². The molecule has 5 atom stereocenters. The minimum Gasteiger partial charge on any atom is -0.479 e. The zero-order chi connectivity index (χ0) is 12.2. The van der Waals surface area contributed by atoms with E-state index in [4.69, 9.17) is 9.84 Å². The molecule has 0 aromatic heterocycles. The van der Waals surface area contributed by atoms with Crippen LogP contribution in [-0.4, -0.2) is 45.7 Å². The monoisotopic (exact) mass is 220 g/mol. The SMILES string of the molecule is CC.C[C@H]1[C@H](O)[C@@H](O)[C@H](C)O[C@@H]1C(=O)O. The molecule has 1 heterocycles. The van der Waals surface area contributed by atoms with Crippen molar-refractivity contribution in [1.82, 2.24) is 0 Å². The Balaban J connectivity index is 0.000000921. The summed E-state index contributed by atoms with van der Waals surface area (Å²) in [6.45, 7) is 7.08. The predicted octanol–water partition coefficient (Wildman–Crippen LogP) is 0.242. The topological polar surface area (TPSA) is 87.0 Å². The molecule has 15 heavy (non-hydrogen) atoms. The van der Waals surface area contributed by atoms with Gasteiger partial charge in [0.25, 0.3) is 0 Å². The van der Waals surface area contributed by atoms with E-state index in [2.05, 4.69) is 0 Å². The predicted molar refractivity (Wildman–Crippen MR) is 54.5 cm³/mol. The maximum absolute atomic E-state index is 10.6. The van der Waals surface area contributed by atoms with Gasteiger partial charge in [-0.3, -0.25) is 0 Å². The first-order chi connectivity index (χ1) is 6.95. The Labute approximate surface area is 89.7 Å². The third-order valence-corrected chi connectivity index (χ3v) is 2.45. The highest BCUT2D eigenvalue weighted by Crippen LogP contribution is 2.25. The van der Waals surface area contributed by atoms with Gasteiger partial charge in [0.1, 0.15) is 6.10 Å². The number of aliphatic hydroxyl groups is 2. The Bertz CT molecular complexity index is 206. The molecule has 0 aliphatic carbocycles. The summed E-state index contributed by atoms with van der Waals surface area (Å²) in [5.41, 5.74) is 0. The molecule has 0 bridgehead atoms. The van der Waals surface area contributed by atoms with Gasteiger partial charge in [-0.15, -0.1) is 0 Å². The van der Waals surface area contributed by atoms with E-state index in [0.29, 0.717) is 0 Å². The molecule has 0 aromatic carbocycles. The molecule has 1 rings (SSSR count). The molecule has 5 heteroatoms. The van der Waals surface area contributed by atoms with E-state index in [1.165, 1.54) is 6.92 Å². The fourth-order valence-electron chi connectivity index (χ4n) is 1.49. The van der Waals surface area contributed by atoms with Crippen LogP contribution in [0.1, 0.15) is 27.7 Å². The van der Waals surface area contributed by atoms with Crippen molar-refractivity contribution in [1.29, 1.82) is 0 Å². The first-order valence-electron chi connectivity index (χ1n) is 5.19. The summed E-state index contributed by atoms with van der Waals surface area (Å²) < 4.78 is 5.03. The number of carboxylic acids is 1. The van der Waals surface area contributed by atoms with Gasteiger partial charge in [0.15, 0.2) is 6.10 Å². The fourth-order valence-corrected chi connectivity index (χ4v) is 1.49. The molecule has 1 aliphatic rings. The highest BCUT2D eigenvalue weighted by molar-refractivity contribution is 5.73. The molecule has 0 aromatic rings. The minimum absolute atomic E-state index is 0.594. The van der Waals surface area contributed by atoms with Crippen molar-refractivity contribution >= 4 is 5.97 Å². The van der Waals surface area contributed by atoms with Gasteiger partial charge in [0.2, 0.25) is 0 Å². The van der Waals surface area contributed by atoms with Gasteiger partial charge in [0, 0.05) is 5.92 Å². The molecule has 0 unspecified atom stereocenters. The smallest absolute Gasteiger partial charge is 0.333 e. The van der Waals surface area contributed by atoms with Crippen molar-refractivity contribution in [3.63, 3.8) is 0 Å². The second-order valence-corrected chi connectivity index (χ2v) is 3.44. The van der Waals surface area contributed by atoms with Crippen molar-refractivity contribution in [2.75, 3.05) is 0 Å². The average molecular weight is 220 g/mol. The third-order valence-electron chi connectivity index (χ3n) is 2.45. The van der Waals surface area contributed by atoms with Gasteiger partial charge in [-0.25, -0.2) is 4.79 Å². The van der Waals surface area contributed by atoms with Crippen LogP contribution in [0.25, 0.3) is 0 Å². The molecule has 1 saturated heterocycles. The van der Waals surface area contributed by atoms with Crippen LogP contribution in [0.5, 0.6) is 0 Å². The van der Waals surface area contributed by atoms with Gasteiger partial charge < -0.3 is 20.1 Å². The summed E-state index contributed by atoms with van der Waals surface area (Å²) in [5, 5.41) is 27.5. The van der Waals surface area contributed by atoms with E-state index in [1.54, 1.807) is 6.92 Å². The Kier molecular flexibility index (Phi) is 5.79. The number of hydrogen-bond acceptors (Lipinski definition) is 4. The van der Waals surface area contributed by atoms with Crippen molar-refractivity contribution in [3.8, 4) is 0 Å². The maximum atomic E-state index is 10.6. The van der Waals surface area contributed by atoms with E-state index in [0.717, 1.165) is 0 Å². The fraction of sp³-hybridized carbons (Fsp3) is 0.900. The molecular weight excluding hydrogens is 200 g/mol. The highest BCUT2D eigenvalue weighted by Gasteiger charge is 2.43. The highest BCUT2D eigenvalue weighted by atomic mass is 16.5. The van der Waals surface area contributed by atoms with E-state index in [9.17, 15) is 15.0 Å². The Morgan fingerprint density at radius 3 is 2.00 bits per heavy atom. The number of carbonyl (C=O) groups is 1. The van der Waals surface area contributed by atoms with Gasteiger partial charge in [0.05, 0.1) is 12.2 Å². The normalized spacial score (nSPS) is 40.3. The van der Waals surface area contributed by atoms with Crippen molar-refractivity contribution in [2.24, 2.45) is 5.92 Å². The number of aliphatic carboxylic acids is 1. The van der Waals surface area contributed by atoms with Crippen LogP contribution in [0.2, 0.25) is 0 Å². The first-order valence-corrected chi connectivity index (χ1v) is 5.19. The van der Waals surface area contributed by atoms with Gasteiger partial charge in [-0.1, -0.05) is 20.8 Å². The second-order valence-electron chi connectivity index (χ2n) is 3.44. The molecule has 5 nitrogen and oxygen atoms in total. The average Bonchev–Trinajstić information content (AvgIpc) is 2.23. The van der Waals surface area contributed by atoms with Crippen LogP contribution < -0.4 is 0 Å². The molecule has 90 valence electrons. The molecule has 1 aliphatic heterocycles.